The average Bonchev–Trinajstić information content (AvgIpc) is 1.51. The molecular weight excluding hydrogens is 1240 g/mol. The molecule has 0 heterocycles. The number of para-hydroxylation sites is 2. The van der Waals surface area contributed by atoms with Crippen molar-refractivity contribution < 1.29 is 0 Å². The molecule has 16 aromatic rings. The molecular formula is C101H68N2. The highest BCUT2D eigenvalue weighted by atomic mass is 15.2. The molecule has 5 aliphatic carbocycles. The summed E-state index contributed by atoms with van der Waals surface area (Å²) in [4.78, 5) is 5.03. The van der Waals surface area contributed by atoms with Crippen molar-refractivity contribution in [3.8, 4) is 100 Å². The topological polar surface area (TPSA) is 6.48 Å². The minimum absolute atomic E-state index is 0.209. The van der Waals surface area contributed by atoms with Gasteiger partial charge in [-0.05, 0) is 217 Å². The minimum Gasteiger partial charge on any atom is -0.310 e. The van der Waals surface area contributed by atoms with Crippen molar-refractivity contribution in [1.82, 2.24) is 0 Å². The maximum atomic E-state index is 2.56. The largest absolute Gasteiger partial charge is 0.310 e. The summed E-state index contributed by atoms with van der Waals surface area (Å²) in [5.41, 5.74) is 40.7. The summed E-state index contributed by atoms with van der Waals surface area (Å²) in [5.74, 6) is 0. The van der Waals surface area contributed by atoms with Crippen LogP contribution in [0.25, 0.3) is 100 Å². The molecule has 2 spiro atoms. The third kappa shape index (κ3) is 8.44. The highest BCUT2D eigenvalue weighted by Gasteiger charge is 2.54. The van der Waals surface area contributed by atoms with E-state index < -0.39 is 10.8 Å². The first-order valence-electron chi connectivity index (χ1n) is 36.1. The molecule has 0 N–H and O–H groups in total. The van der Waals surface area contributed by atoms with Crippen LogP contribution in [0.3, 0.4) is 0 Å². The molecule has 1 atom stereocenters. The standard InChI is InChI=1S/C101H68N2/c1-99(2)87-40-17-9-34-77(87)83-56-53-72(62-94(83)99)103(74-55-58-84-80-37-12-20-43-90(80)100(95(84)64-74)88-41-18-10-35-78(88)79-36-11-19-42-89(79)100)98-47-24-16-33-76(98)70-31-25-30-68(60-70)69-50-59-93-86(61-69)82-39-14-22-45-92(82)101(93)91-44-21-13-38-81(91)85-57-54-73(63-96(85)101)102(71-51-48-66(49-52-71)65-26-5-3-6-27-65)97-46-23-15-32-75(97)67-28-7-4-8-29-67/h3-64H,1-2H3. The Bertz CT molecular complexity index is 6110. The van der Waals surface area contributed by atoms with Crippen LogP contribution >= 0.6 is 0 Å². The first kappa shape index (κ1) is 59.0. The maximum Gasteiger partial charge on any atom is 0.0726 e. The summed E-state index contributed by atoms with van der Waals surface area (Å²) >= 11 is 0. The number of anilines is 6. The SMILES string of the molecule is CC1(C)c2ccccc2-c2ccc(N(c3ccc4c(c3)C3(c5ccccc5-c5ccccc53)c3ccccc3-4)c3ccccc3-c3cccc(-c4ccc5c(c4)-c4ccccc4C54c5ccccc5-c5ccc(N(c6ccc(-c7ccccc7)cc6)c6ccccc6-c6ccccc6)cc54)c3)cc21. The molecule has 0 radical (unpaired) electrons. The zero-order chi connectivity index (χ0) is 68.1. The lowest BCUT2D eigenvalue weighted by Crippen LogP contribution is -2.26. The molecule has 21 rings (SSSR count). The van der Waals surface area contributed by atoms with Crippen molar-refractivity contribution in [2.45, 2.75) is 30.1 Å². The molecule has 2 heteroatoms. The highest BCUT2D eigenvalue weighted by molar-refractivity contribution is 6.01. The molecule has 0 saturated carbocycles. The van der Waals surface area contributed by atoms with Crippen LogP contribution in [-0.4, -0.2) is 0 Å². The van der Waals surface area contributed by atoms with E-state index in [9.17, 15) is 0 Å². The fourth-order valence-electron chi connectivity index (χ4n) is 19.1. The van der Waals surface area contributed by atoms with E-state index in [1.807, 2.05) is 0 Å². The van der Waals surface area contributed by atoms with Gasteiger partial charge in [-0.25, -0.2) is 0 Å². The van der Waals surface area contributed by atoms with Crippen LogP contribution in [0.15, 0.2) is 376 Å². The molecule has 0 aromatic heterocycles. The summed E-state index contributed by atoms with van der Waals surface area (Å²) in [6, 6.07) is 142. The van der Waals surface area contributed by atoms with Crippen LogP contribution in [0.4, 0.5) is 34.1 Å². The quantitative estimate of drug-likeness (QED) is 0.135. The predicted molar refractivity (Wildman–Crippen MR) is 428 cm³/mol. The minimum atomic E-state index is -0.599. The molecule has 16 aromatic carbocycles. The number of benzene rings is 16. The van der Waals surface area contributed by atoms with Crippen LogP contribution < -0.4 is 9.80 Å². The summed E-state index contributed by atoms with van der Waals surface area (Å²) in [5, 5.41) is 0. The van der Waals surface area contributed by atoms with E-state index in [1.165, 1.54) is 139 Å². The summed E-state index contributed by atoms with van der Waals surface area (Å²) in [6.45, 7) is 4.79. The van der Waals surface area contributed by atoms with E-state index in [0.717, 1.165) is 50.8 Å². The normalized spacial score (nSPS) is 14.9. The lowest BCUT2D eigenvalue weighted by atomic mass is 9.70. The second-order valence-electron chi connectivity index (χ2n) is 28.9. The van der Waals surface area contributed by atoms with Crippen molar-refractivity contribution >= 4 is 34.1 Å². The summed E-state index contributed by atoms with van der Waals surface area (Å²) < 4.78 is 0. The van der Waals surface area contributed by atoms with Gasteiger partial charge < -0.3 is 9.80 Å². The Kier molecular flexibility index (Phi) is 12.9. The molecule has 103 heavy (non-hydrogen) atoms. The van der Waals surface area contributed by atoms with Gasteiger partial charge in [-0.15, -0.1) is 0 Å². The fraction of sp³-hybridized carbons (Fsp3) is 0.0495. The highest BCUT2D eigenvalue weighted by Crippen LogP contribution is 2.66. The molecule has 5 aliphatic rings. The van der Waals surface area contributed by atoms with Gasteiger partial charge in [-0.3, -0.25) is 0 Å². The summed E-state index contributed by atoms with van der Waals surface area (Å²) in [7, 11) is 0. The van der Waals surface area contributed by atoms with Gasteiger partial charge in [-0.2, -0.15) is 0 Å². The van der Waals surface area contributed by atoms with Gasteiger partial charge in [0.15, 0.2) is 0 Å². The van der Waals surface area contributed by atoms with E-state index in [-0.39, 0.29) is 5.41 Å². The van der Waals surface area contributed by atoms with Crippen LogP contribution in [0, 0.1) is 0 Å². The first-order chi connectivity index (χ1) is 50.8. The summed E-state index contributed by atoms with van der Waals surface area (Å²) in [6.07, 6.45) is 0. The van der Waals surface area contributed by atoms with Gasteiger partial charge in [-0.1, -0.05) is 317 Å². The lowest BCUT2D eigenvalue weighted by Gasteiger charge is -2.33. The van der Waals surface area contributed by atoms with E-state index in [2.05, 4.69) is 400 Å². The molecule has 0 fully saturated rings. The third-order valence-corrected chi connectivity index (χ3v) is 23.5. The van der Waals surface area contributed by atoms with Crippen LogP contribution in [0.5, 0.6) is 0 Å². The van der Waals surface area contributed by atoms with E-state index in [0.29, 0.717) is 0 Å². The van der Waals surface area contributed by atoms with Crippen molar-refractivity contribution in [2.75, 3.05) is 9.80 Å². The molecule has 0 aliphatic heterocycles. The Balaban J connectivity index is 0.715. The monoisotopic (exact) mass is 1310 g/mol. The molecule has 2 nitrogen and oxygen atoms in total. The van der Waals surface area contributed by atoms with Crippen LogP contribution in [-0.2, 0) is 16.2 Å². The van der Waals surface area contributed by atoms with Crippen molar-refractivity contribution in [3.63, 3.8) is 0 Å². The number of fused-ring (bicyclic) bond motifs is 23. The van der Waals surface area contributed by atoms with E-state index >= 15 is 0 Å². The van der Waals surface area contributed by atoms with Crippen molar-refractivity contribution in [2.24, 2.45) is 0 Å². The average molecular weight is 1310 g/mol. The van der Waals surface area contributed by atoms with Crippen LogP contribution in [0.1, 0.15) is 69.5 Å². The van der Waals surface area contributed by atoms with Gasteiger partial charge in [0, 0.05) is 39.3 Å². The van der Waals surface area contributed by atoms with Crippen molar-refractivity contribution in [1.29, 1.82) is 0 Å². The van der Waals surface area contributed by atoms with Gasteiger partial charge in [0.1, 0.15) is 0 Å². The second kappa shape index (κ2) is 22.6. The number of rotatable bonds is 10. The smallest absolute Gasteiger partial charge is 0.0726 e. The van der Waals surface area contributed by atoms with E-state index in [1.54, 1.807) is 0 Å². The zero-order valence-electron chi connectivity index (χ0n) is 57.2. The lowest BCUT2D eigenvalue weighted by molar-refractivity contribution is 0.660. The third-order valence-electron chi connectivity index (χ3n) is 23.5. The number of hydrogen-bond donors (Lipinski definition) is 0. The van der Waals surface area contributed by atoms with Crippen molar-refractivity contribution in [3.05, 3.63) is 432 Å². The number of nitrogens with zero attached hydrogens (tertiary/aromatic N) is 2. The Morgan fingerprint density at radius 3 is 0.961 bits per heavy atom. The maximum absolute atomic E-state index is 2.56. The Morgan fingerprint density at radius 1 is 0.165 bits per heavy atom. The number of hydrogen-bond acceptors (Lipinski definition) is 2. The molecule has 0 amide bonds. The van der Waals surface area contributed by atoms with Crippen LogP contribution in [0.2, 0.25) is 0 Å². The van der Waals surface area contributed by atoms with Gasteiger partial charge >= 0.3 is 0 Å². The van der Waals surface area contributed by atoms with Gasteiger partial charge in [0.2, 0.25) is 0 Å². The molecule has 0 saturated heterocycles. The fourth-order valence-corrected chi connectivity index (χ4v) is 19.1. The Hall–Kier alpha value is -12.9. The molecule has 482 valence electrons. The second-order valence-corrected chi connectivity index (χ2v) is 28.9. The Morgan fingerprint density at radius 2 is 0.466 bits per heavy atom. The first-order valence-corrected chi connectivity index (χ1v) is 36.1. The van der Waals surface area contributed by atoms with Gasteiger partial charge in [0.25, 0.3) is 0 Å². The van der Waals surface area contributed by atoms with Gasteiger partial charge in [0.05, 0.1) is 22.2 Å². The van der Waals surface area contributed by atoms with E-state index in [4.69, 9.17) is 0 Å². The Labute approximate surface area is 602 Å². The molecule has 1 unspecified atom stereocenters. The predicted octanol–water partition coefficient (Wildman–Crippen LogP) is 26.3. The molecule has 0 bridgehead atoms. The zero-order valence-corrected chi connectivity index (χ0v) is 57.2.